The highest BCUT2D eigenvalue weighted by Crippen LogP contribution is 2.30. The first-order valence-corrected chi connectivity index (χ1v) is 8.97. The molecule has 1 heterocycles. The van der Waals surface area contributed by atoms with Crippen molar-refractivity contribution < 1.29 is 9.53 Å². The number of rotatable bonds is 4. The van der Waals surface area contributed by atoms with Crippen molar-refractivity contribution in [3.8, 4) is 17.1 Å². The van der Waals surface area contributed by atoms with Crippen molar-refractivity contribution >= 4 is 40.0 Å². The lowest BCUT2D eigenvalue weighted by atomic mass is 10.2. The molecule has 0 saturated heterocycles. The van der Waals surface area contributed by atoms with Gasteiger partial charge in [0, 0.05) is 11.3 Å². The number of carbonyl (C=O) groups is 1. The van der Waals surface area contributed by atoms with Crippen molar-refractivity contribution in [2.24, 2.45) is 0 Å². The Morgan fingerprint density at radius 1 is 1.04 bits per heavy atom. The monoisotopic (exact) mass is 392 g/mol. The van der Waals surface area contributed by atoms with Crippen molar-refractivity contribution in [1.82, 2.24) is 9.97 Å². The first-order valence-electron chi connectivity index (χ1n) is 8.60. The summed E-state index contributed by atoms with van der Waals surface area (Å²) in [6.45, 7) is 0. The van der Waals surface area contributed by atoms with Gasteiger partial charge in [-0.05, 0) is 42.5 Å². The second-order valence-corrected chi connectivity index (χ2v) is 6.48. The van der Waals surface area contributed by atoms with Gasteiger partial charge in [0.05, 0.1) is 28.9 Å². The van der Waals surface area contributed by atoms with Gasteiger partial charge in [-0.15, -0.1) is 0 Å². The highest BCUT2D eigenvalue weighted by molar-refractivity contribution is 6.33. The van der Waals surface area contributed by atoms with Crippen LogP contribution < -0.4 is 15.4 Å². The third-order valence-electron chi connectivity index (χ3n) is 4.22. The van der Waals surface area contributed by atoms with Crippen molar-refractivity contribution in [2.45, 2.75) is 0 Å². The van der Waals surface area contributed by atoms with Gasteiger partial charge in [0.15, 0.2) is 0 Å². The molecule has 0 fully saturated rings. The molecule has 0 bridgehead atoms. The van der Waals surface area contributed by atoms with Gasteiger partial charge in [-0.25, -0.2) is 9.78 Å². The van der Waals surface area contributed by atoms with E-state index in [-0.39, 0.29) is 6.03 Å². The van der Waals surface area contributed by atoms with E-state index < -0.39 is 0 Å². The summed E-state index contributed by atoms with van der Waals surface area (Å²) in [4.78, 5) is 20.2. The molecule has 0 aliphatic rings. The fourth-order valence-corrected chi connectivity index (χ4v) is 3.10. The Bertz CT molecular complexity index is 1120. The smallest absolute Gasteiger partial charge is 0.323 e. The Balaban J connectivity index is 1.57. The SMILES string of the molecule is COc1ccccc1NC(=O)Nc1ccc(Cl)c(-c2nc3ccccc3[nH]2)c1. The maximum Gasteiger partial charge on any atom is 0.323 e. The maximum atomic E-state index is 12.4. The predicted molar refractivity (Wildman–Crippen MR) is 112 cm³/mol. The second-order valence-electron chi connectivity index (χ2n) is 6.08. The molecule has 0 aliphatic carbocycles. The molecule has 28 heavy (non-hydrogen) atoms. The molecule has 0 saturated carbocycles. The van der Waals surface area contributed by atoms with Crippen LogP contribution in [0.2, 0.25) is 5.02 Å². The molecule has 4 aromatic rings. The average molecular weight is 393 g/mol. The summed E-state index contributed by atoms with van der Waals surface area (Å²) in [7, 11) is 1.55. The van der Waals surface area contributed by atoms with E-state index in [1.807, 2.05) is 36.4 Å². The Labute approximate surface area is 166 Å². The summed E-state index contributed by atoms with van der Waals surface area (Å²) in [6.07, 6.45) is 0. The number of hydrogen-bond acceptors (Lipinski definition) is 3. The Hall–Kier alpha value is -3.51. The number of urea groups is 1. The van der Waals surface area contributed by atoms with Crippen molar-refractivity contribution in [1.29, 1.82) is 0 Å². The topological polar surface area (TPSA) is 79.0 Å². The summed E-state index contributed by atoms with van der Waals surface area (Å²) < 4.78 is 5.25. The zero-order chi connectivity index (χ0) is 19.5. The Morgan fingerprint density at radius 2 is 1.82 bits per heavy atom. The first kappa shape index (κ1) is 17.9. The van der Waals surface area contributed by atoms with Crippen LogP contribution in [-0.4, -0.2) is 23.1 Å². The zero-order valence-corrected chi connectivity index (χ0v) is 15.7. The van der Waals surface area contributed by atoms with E-state index in [0.29, 0.717) is 33.5 Å². The minimum atomic E-state index is -0.387. The molecule has 140 valence electrons. The lowest BCUT2D eigenvalue weighted by molar-refractivity contribution is 0.262. The molecule has 0 unspecified atom stereocenters. The number of methoxy groups -OCH3 is 1. The van der Waals surface area contributed by atoms with Gasteiger partial charge in [0.2, 0.25) is 0 Å². The number of H-pyrrole nitrogens is 1. The second kappa shape index (κ2) is 7.62. The minimum Gasteiger partial charge on any atom is -0.495 e. The van der Waals surface area contributed by atoms with E-state index in [0.717, 1.165) is 11.0 Å². The van der Waals surface area contributed by atoms with E-state index in [2.05, 4.69) is 20.6 Å². The largest absolute Gasteiger partial charge is 0.495 e. The minimum absolute atomic E-state index is 0.387. The van der Waals surface area contributed by atoms with Crippen molar-refractivity contribution in [3.63, 3.8) is 0 Å². The number of nitrogens with zero attached hydrogens (tertiary/aromatic N) is 1. The van der Waals surface area contributed by atoms with E-state index in [1.54, 1.807) is 37.4 Å². The van der Waals surface area contributed by atoms with Crippen LogP contribution in [0.5, 0.6) is 5.75 Å². The van der Waals surface area contributed by atoms with Gasteiger partial charge in [0.1, 0.15) is 11.6 Å². The number of nitrogens with one attached hydrogen (secondary N) is 3. The summed E-state index contributed by atoms with van der Waals surface area (Å²) in [6, 6.07) is 19.8. The molecule has 0 spiro atoms. The molecule has 3 N–H and O–H groups in total. The summed E-state index contributed by atoms with van der Waals surface area (Å²) >= 11 is 6.36. The van der Waals surface area contributed by atoms with Gasteiger partial charge in [0.25, 0.3) is 0 Å². The molecular formula is C21H17ClN4O2. The number of benzene rings is 3. The van der Waals surface area contributed by atoms with E-state index >= 15 is 0 Å². The van der Waals surface area contributed by atoms with Crippen LogP contribution in [0.15, 0.2) is 66.7 Å². The molecule has 1 aromatic heterocycles. The van der Waals surface area contributed by atoms with Gasteiger partial charge < -0.3 is 20.4 Å². The molecule has 6 nitrogen and oxygen atoms in total. The van der Waals surface area contributed by atoms with Crippen LogP contribution >= 0.6 is 11.6 Å². The molecule has 2 amide bonds. The quantitative estimate of drug-likeness (QED) is 0.427. The number of aromatic nitrogens is 2. The van der Waals surface area contributed by atoms with Gasteiger partial charge in [-0.2, -0.15) is 0 Å². The van der Waals surface area contributed by atoms with E-state index in [4.69, 9.17) is 16.3 Å². The van der Waals surface area contributed by atoms with E-state index in [1.165, 1.54) is 0 Å². The first-order chi connectivity index (χ1) is 13.6. The van der Waals surface area contributed by atoms with Crippen LogP contribution in [-0.2, 0) is 0 Å². The fourth-order valence-electron chi connectivity index (χ4n) is 2.90. The van der Waals surface area contributed by atoms with Gasteiger partial charge in [-0.3, -0.25) is 0 Å². The molecular weight excluding hydrogens is 376 g/mol. The van der Waals surface area contributed by atoms with Crippen LogP contribution in [0.3, 0.4) is 0 Å². The normalized spacial score (nSPS) is 10.6. The third kappa shape index (κ3) is 3.63. The average Bonchev–Trinajstić information content (AvgIpc) is 3.14. The van der Waals surface area contributed by atoms with Crippen LogP contribution in [0, 0.1) is 0 Å². The van der Waals surface area contributed by atoms with Gasteiger partial charge in [-0.1, -0.05) is 35.9 Å². The molecule has 0 aliphatic heterocycles. The number of anilines is 2. The predicted octanol–water partition coefficient (Wildman–Crippen LogP) is 5.54. The third-order valence-corrected chi connectivity index (χ3v) is 4.55. The van der Waals surface area contributed by atoms with Crippen LogP contribution in [0.1, 0.15) is 0 Å². The molecule has 3 aromatic carbocycles. The standard InChI is InChI=1S/C21H17ClN4O2/c1-28-19-9-5-4-8-18(19)26-21(27)23-13-10-11-15(22)14(12-13)20-24-16-6-2-3-7-17(16)25-20/h2-12H,1H3,(H,24,25)(H2,23,26,27). The van der Waals surface area contributed by atoms with E-state index in [9.17, 15) is 4.79 Å². The molecule has 0 atom stereocenters. The highest BCUT2D eigenvalue weighted by Gasteiger charge is 2.12. The number of fused-ring (bicyclic) bond motifs is 1. The van der Waals surface area contributed by atoms with Crippen LogP contribution in [0.25, 0.3) is 22.4 Å². The van der Waals surface area contributed by atoms with Crippen molar-refractivity contribution in [2.75, 3.05) is 17.7 Å². The number of ether oxygens (including phenoxy) is 1. The number of aromatic amines is 1. The summed E-state index contributed by atoms with van der Waals surface area (Å²) in [5.74, 6) is 1.22. The highest BCUT2D eigenvalue weighted by atomic mass is 35.5. The Morgan fingerprint density at radius 3 is 2.64 bits per heavy atom. The lowest BCUT2D eigenvalue weighted by Crippen LogP contribution is -2.19. The molecule has 7 heteroatoms. The molecule has 0 radical (unpaired) electrons. The number of para-hydroxylation sites is 4. The van der Waals surface area contributed by atoms with Crippen molar-refractivity contribution in [3.05, 3.63) is 71.8 Å². The lowest BCUT2D eigenvalue weighted by Gasteiger charge is -2.12. The Kier molecular flexibility index (Phi) is 4.87. The number of halogens is 1. The zero-order valence-electron chi connectivity index (χ0n) is 15.0. The number of imidazole rings is 1. The van der Waals surface area contributed by atoms with Crippen LogP contribution in [0.4, 0.5) is 16.2 Å². The number of carbonyl (C=O) groups excluding carboxylic acids is 1. The molecule has 4 rings (SSSR count). The van der Waals surface area contributed by atoms with Gasteiger partial charge >= 0.3 is 6.03 Å². The summed E-state index contributed by atoms with van der Waals surface area (Å²) in [5, 5.41) is 6.12. The fraction of sp³-hybridized carbons (Fsp3) is 0.0476. The number of hydrogen-bond donors (Lipinski definition) is 3. The maximum absolute atomic E-state index is 12.4. The number of amides is 2. The summed E-state index contributed by atoms with van der Waals surface area (Å²) in [5.41, 5.74) is 3.64.